The quantitative estimate of drug-likeness (QED) is 0.843. The molecule has 0 aliphatic carbocycles. The van der Waals surface area contributed by atoms with Crippen molar-refractivity contribution in [1.82, 2.24) is 0 Å². The Balaban J connectivity index is 2.13. The molecule has 1 atom stereocenters. The molecule has 94 valence electrons. The highest BCUT2D eigenvalue weighted by molar-refractivity contribution is 6.30. The highest BCUT2D eigenvalue weighted by Gasteiger charge is 2.07. The van der Waals surface area contributed by atoms with E-state index in [2.05, 4.69) is 5.32 Å². The lowest BCUT2D eigenvalue weighted by molar-refractivity contribution is 0.626. The molecule has 0 spiro atoms. The number of nitrogens with one attached hydrogen (secondary N) is 1. The fraction of sp³-hybridized carbons (Fsp3) is 0.143. The molecule has 18 heavy (non-hydrogen) atoms. The van der Waals surface area contributed by atoms with Crippen LogP contribution in [0.4, 0.5) is 14.5 Å². The fourth-order valence-electron chi connectivity index (χ4n) is 1.67. The maximum atomic E-state index is 13.3. The summed E-state index contributed by atoms with van der Waals surface area (Å²) in [4.78, 5) is 0. The van der Waals surface area contributed by atoms with E-state index < -0.39 is 5.82 Å². The van der Waals surface area contributed by atoms with Gasteiger partial charge in [0, 0.05) is 11.7 Å². The SMILES string of the molecule is CC(Nc1ccc(Cl)c(F)c1)c1ccc(F)cc1. The average Bonchev–Trinajstić information content (AvgIpc) is 2.34. The van der Waals surface area contributed by atoms with Crippen molar-refractivity contribution in [3.8, 4) is 0 Å². The van der Waals surface area contributed by atoms with Gasteiger partial charge < -0.3 is 5.32 Å². The first-order valence-electron chi connectivity index (χ1n) is 5.53. The van der Waals surface area contributed by atoms with Crippen LogP contribution in [0.3, 0.4) is 0 Å². The molecular weight excluding hydrogens is 256 g/mol. The maximum Gasteiger partial charge on any atom is 0.143 e. The van der Waals surface area contributed by atoms with Crippen molar-refractivity contribution in [3.05, 3.63) is 64.7 Å². The van der Waals surface area contributed by atoms with Crippen LogP contribution in [0, 0.1) is 11.6 Å². The van der Waals surface area contributed by atoms with Crippen LogP contribution in [0.2, 0.25) is 5.02 Å². The van der Waals surface area contributed by atoms with Crippen LogP contribution in [0.25, 0.3) is 0 Å². The van der Waals surface area contributed by atoms with Crippen molar-refractivity contribution in [2.24, 2.45) is 0 Å². The molecule has 0 fully saturated rings. The molecule has 0 saturated carbocycles. The summed E-state index contributed by atoms with van der Waals surface area (Å²) in [6, 6.07) is 10.7. The molecule has 1 nitrogen and oxygen atoms in total. The van der Waals surface area contributed by atoms with E-state index in [0.29, 0.717) is 5.69 Å². The van der Waals surface area contributed by atoms with Crippen LogP contribution >= 0.6 is 11.6 Å². The topological polar surface area (TPSA) is 12.0 Å². The minimum Gasteiger partial charge on any atom is -0.378 e. The smallest absolute Gasteiger partial charge is 0.143 e. The molecule has 0 amide bonds. The Bertz CT molecular complexity index is 540. The minimum atomic E-state index is -0.465. The van der Waals surface area contributed by atoms with E-state index in [-0.39, 0.29) is 16.9 Å². The van der Waals surface area contributed by atoms with Crippen LogP contribution in [0.1, 0.15) is 18.5 Å². The van der Waals surface area contributed by atoms with Crippen LogP contribution in [-0.4, -0.2) is 0 Å². The van der Waals surface area contributed by atoms with E-state index in [9.17, 15) is 8.78 Å². The average molecular weight is 268 g/mol. The Morgan fingerprint density at radius 3 is 2.33 bits per heavy atom. The van der Waals surface area contributed by atoms with Crippen LogP contribution in [-0.2, 0) is 0 Å². The molecule has 0 aliphatic rings. The van der Waals surface area contributed by atoms with E-state index in [1.54, 1.807) is 18.2 Å². The van der Waals surface area contributed by atoms with Crippen molar-refractivity contribution in [3.63, 3.8) is 0 Å². The van der Waals surface area contributed by atoms with Crippen molar-refractivity contribution in [2.75, 3.05) is 5.32 Å². The molecule has 0 aliphatic heterocycles. The maximum absolute atomic E-state index is 13.3. The molecule has 2 aromatic rings. The lowest BCUT2D eigenvalue weighted by atomic mass is 10.1. The molecular formula is C14H12ClF2N. The molecule has 0 radical (unpaired) electrons. The number of hydrogen-bond acceptors (Lipinski definition) is 1. The zero-order chi connectivity index (χ0) is 13.1. The molecule has 1 N–H and O–H groups in total. The van der Waals surface area contributed by atoms with Gasteiger partial charge in [0.15, 0.2) is 0 Å². The van der Waals surface area contributed by atoms with Gasteiger partial charge in [-0.25, -0.2) is 8.78 Å². The van der Waals surface area contributed by atoms with Crippen molar-refractivity contribution < 1.29 is 8.78 Å². The van der Waals surface area contributed by atoms with Crippen LogP contribution < -0.4 is 5.32 Å². The lowest BCUT2D eigenvalue weighted by Gasteiger charge is -2.16. The molecule has 1 unspecified atom stereocenters. The van der Waals surface area contributed by atoms with Gasteiger partial charge in [0.05, 0.1) is 5.02 Å². The predicted octanol–water partition coefficient (Wildman–Crippen LogP) is 4.79. The Kier molecular flexibility index (Phi) is 3.82. The minimum absolute atomic E-state index is 0.0498. The van der Waals surface area contributed by atoms with Gasteiger partial charge in [-0.05, 0) is 42.8 Å². The predicted molar refractivity (Wildman–Crippen MR) is 69.8 cm³/mol. The second-order valence-electron chi connectivity index (χ2n) is 4.05. The summed E-state index contributed by atoms with van der Waals surface area (Å²) >= 11 is 5.61. The van der Waals surface area contributed by atoms with Crippen molar-refractivity contribution in [2.45, 2.75) is 13.0 Å². The Hall–Kier alpha value is -1.61. The molecule has 2 aromatic carbocycles. The zero-order valence-electron chi connectivity index (χ0n) is 9.75. The van der Waals surface area contributed by atoms with Crippen molar-refractivity contribution >= 4 is 17.3 Å². The highest BCUT2D eigenvalue weighted by atomic mass is 35.5. The summed E-state index contributed by atoms with van der Waals surface area (Å²) in [6.45, 7) is 1.92. The number of benzene rings is 2. The molecule has 0 heterocycles. The normalized spacial score (nSPS) is 12.2. The highest BCUT2D eigenvalue weighted by Crippen LogP contribution is 2.23. The Morgan fingerprint density at radius 2 is 1.72 bits per heavy atom. The number of anilines is 1. The Morgan fingerprint density at radius 1 is 1.06 bits per heavy atom. The van der Waals surface area contributed by atoms with E-state index in [1.807, 2.05) is 6.92 Å². The van der Waals surface area contributed by atoms with Gasteiger partial charge in [0.25, 0.3) is 0 Å². The fourth-order valence-corrected chi connectivity index (χ4v) is 1.79. The summed E-state index contributed by atoms with van der Waals surface area (Å²) in [5.74, 6) is -0.739. The van der Waals surface area contributed by atoms with Gasteiger partial charge in [0.2, 0.25) is 0 Å². The van der Waals surface area contributed by atoms with Crippen LogP contribution in [0.5, 0.6) is 0 Å². The van der Waals surface area contributed by atoms with Gasteiger partial charge in [-0.3, -0.25) is 0 Å². The number of hydrogen-bond donors (Lipinski definition) is 1. The van der Waals surface area contributed by atoms with Crippen LogP contribution in [0.15, 0.2) is 42.5 Å². The molecule has 2 rings (SSSR count). The standard InChI is InChI=1S/C14H12ClF2N/c1-9(10-2-4-11(16)5-3-10)18-12-6-7-13(15)14(17)8-12/h2-9,18H,1H3. The first kappa shape index (κ1) is 12.8. The largest absolute Gasteiger partial charge is 0.378 e. The zero-order valence-corrected chi connectivity index (χ0v) is 10.5. The molecule has 0 aromatic heterocycles. The van der Waals surface area contributed by atoms with E-state index in [4.69, 9.17) is 11.6 Å². The number of halogens is 3. The Labute approximate surface area is 109 Å². The van der Waals surface area contributed by atoms with Gasteiger partial charge in [-0.15, -0.1) is 0 Å². The second kappa shape index (κ2) is 5.36. The number of rotatable bonds is 3. The summed E-state index contributed by atoms with van der Waals surface area (Å²) in [5.41, 5.74) is 1.56. The van der Waals surface area contributed by atoms with E-state index in [1.165, 1.54) is 24.3 Å². The molecule has 0 saturated heterocycles. The van der Waals surface area contributed by atoms with E-state index in [0.717, 1.165) is 5.56 Å². The second-order valence-corrected chi connectivity index (χ2v) is 4.45. The summed E-state index contributed by atoms with van der Waals surface area (Å²) < 4.78 is 26.1. The summed E-state index contributed by atoms with van der Waals surface area (Å²) in [5, 5.41) is 3.22. The van der Waals surface area contributed by atoms with Crippen molar-refractivity contribution in [1.29, 1.82) is 0 Å². The monoisotopic (exact) mass is 267 g/mol. The first-order chi connectivity index (χ1) is 8.56. The third-order valence-corrected chi connectivity index (χ3v) is 2.98. The third-order valence-electron chi connectivity index (χ3n) is 2.67. The van der Waals surface area contributed by atoms with E-state index >= 15 is 0 Å². The summed E-state index contributed by atoms with van der Waals surface area (Å²) in [6.07, 6.45) is 0. The molecule has 0 bridgehead atoms. The van der Waals surface area contributed by atoms with Gasteiger partial charge in [0.1, 0.15) is 11.6 Å². The lowest BCUT2D eigenvalue weighted by Crippen LogP contribution is -2.06. The first-order valence-corrected chi connectivity index (χ1v) is 5.91. The molecule has 4 heteroatoms. The third kappa shape index (κ3) is 2.99. The summed E-state index contributed by atoms with van der Waals surface area (Å²) in [7, 11) is 0. The van der Waals surface area contributed by atoms with Gasteiger partial charge in [-0.1, -0.05) is 23.7 Å². The van der Waals surface area contributed by atoms with Gasteiger partial charge in [-0.2, -0.15) is 0 Å². The van der Waals surface area contributed by atoms with Gasteiger partial charge >= 0.3 is 0 Å².